The van der Waals surface area contributed by atoms with E-state index in [4.69, 9.17) is 10.2 Å². The summed E-state index contributed by atoms with van der Waals surface area (Å²) in [7, 11) is 2.15. The first-order valence-electron chi connectivity index (χ1n) is 5.62. The van der Waals surface area contributed by atoms with Gasteiger partial charge in [-0.2, -0.15) is 0 Å². The molecule has 0 bridgehead atoms. The maximum atomic E-state index is 5.51. The van der Waals surface area contributed by atoms with Gasteiger partial charge in [-0.3, -0.25) is 0 Å². The average molecular weight is 209 g/mol. The number of likely N-dealkylation sites (N-methyl/N-ethyl adjacent to an activating group) is 1. The molecule has 1 aliphatic rings. The third-order valence-corrected chi connectivity index (χ3v) is 2.94. The molecule has 0 aliphatic carbocycles. The first-order valence-corrected chi connectivity index (χ1v) is 5.62. The van der Waals surface area contributed by atoms with Crippen molar-refractivity contribution >= 4 is 0 Å². The molecule has 0 aromatic carbocycles. The van der Waals surface area contributed by atoms with Crippen molar-refractivity contribution in [1.29, 1.82) is 0 Å². The lowest BCUT2D eigenvalue weighted by Crippen LogP contribution is -2.30. The van der Waals surface area contributed by atoms with Gasteiger partial charge in [-0.25, -0.2) is 4.98 Å². The lowest BCUT2D eigenvalue weighted by atomic mass is 9.98. The van der Waals surface area contributed by atoms with Crippen molar-refractivity contribution in [1.82, 2.24) is 9.88 Å². The highest BCUT2D eigenvalue weighted by Gasteiger charge is 2.22. The molecule has 0 amide bonds. The highest BCUT2D eigenvalue weighted by Crippen LogP contribution is 2.25. The van der Waals surface area contributed by atoms with Crippen LogP contribution in [0.15, 0.2) is 10.7 Å². The molecule has 2 N–H and O–H groups in total. The maximum absolute atomic E-state index is 5.51. The van der Waals surface area contributed by atoms with E-state index in [1.165, 1.54) is 19.4 Å². The Bertz CT molecular complexity index is 311. The van der Waals surface area contributed by atoms with Crippen LogP contribution in [0.4, 0.5) is 0 Å². The van der Waals surface area contributed by atoms with Gasteiger partial charge >= 0.3 is 0 Å². The van der Waals surface area contributed by atoms with Gasteiger partial charge in [0.15, 0.2) is 5.89 Å². The van der Waals surface area contributed by atoms with Gasteiger partial charge in [0.25, 0.3) is 0 Å². The zero-order valence-electron chi connectivity index (χ0n) is 9.28. The van der Waals surface area contributed by atoms with Gasteiger partial charge in [0.2, 0.25) is 0 Å². The van der Waals surface area contributed by atoms with E-state index in [2.05, 4.69) is 16.9 Å². The third kappa shape index (κ3) is 2.58. The zero-order valence-corrected chi connectivity index (χ0v) is 9.28. The summed E-state index contributed by atoms with van der Waals surface area (Å²) < 4.78 is 5.51. The summed E-state index contributed by atoms with van der Waals surface area (Å²) in [5.41, 5.74) is 6.47. The topological polar surface area (TPSA) is 55.3 Å². The molecule has 0 saturated carbocycles. The van der Waals surface area contributed by atoms with Crippen LogP contribution in [0, 0.1) is 0 Å². The average Bonchev–Trinajstić information content (AvgIpc) is 2.67. The molecule has 0 radical (unpaired) electrons. The zero-order chi connectivity index (χ0) is 10.7. The Morgan fingerprint density at radius 1 is 1.67 bits per heavy atom. The maximum Gasteiger partial charge on any atom is 0.198 e. The van der Waals surface area contributed by atoms with Crippen molar-refractivity contribution in [3.63, 3.8) is 0 Å². The van der Waals surface area contributed by atoms with Gasteiger partial charge in [-0.05, 0) is 33.0 Å². The molecular formula is C11H19N3O. The number of hydrogen-bond donors (Lipinski definition) is 1. The van der Waals surface area contributed by atoms with Crippen molar-refractivity contribution < 1.29 is 4.42 Å². The Morgan fingerprint density at radius 2 is 2.53 bits per heavy atom. The Hall–Kier alpha value is -0.870. The molecule has 1 aromatic rings. The van der Waals surface area contributed by atoms with Crippen LogP contribution in [0.5, 0.6) is 0 Å². The largest absolute Gasteiger partial charge is 0.448 e. The van der Waals surface area contributed by atoms with E-state index in [0.29, 0.717) is 12.5 Å². The fourth-order valence-electron chi connectivity index (χ4n) is 2.14. The molecule has 1 aliphatic heterocycles. The minimum absolute atomic E-state index is 0.468. The second kappa shape index (κ2) is 4.77. The number of nitrogens with two attached hydrogens (primary N) is 1. The van der Waals surface area contributed by atoms with Gasteiger partial charge in [0, 0.05) is 18.9 Å². The predicted octanol–water partition coefficient (Wildman–Crippen LogP) is 0.985. The molecular weight excluding hydrogens is 190 g/mol. The highest BCUT2D eigenvalue weighted by molar-refractivity contribution is 5.02. The Labute approximate surface area is 90.5 Å². The summed E-state index contributed by atoms with van der Waals surface area (Å²) in [5.74, 6) is 1.36. The minimum Gasteiger partial charge on any atom is -0.448 e. The monoisotopic (exact) mass is 209 g/mol. The summed E-state index contributed by atoms with van der Waals surface area (Å²) in [4.78, 5) is 6.82. The van der Waals surface area contributed by atoms with E-state index in [1.54, 1.807) is 6.26 Å². The molecule has 2 heterocycles. The van der Waals surface area contributed by atoms with Crippen LogP contribution in [-0.4, -0.2) is 36.6 Å². The molecule has 15 heavy (non-hydrogen) atoms. The molecule has 2 rings (SSSR count). The van der Waals surface area contributed by atoms with E-state index in [-0.39, 0.29) is 0 Å². The molecule has 1 atom stereocenters. The Kier molecular flexibility index (Phi) is 3.38. The van der Waals surface area contributed by atoms with Gasteiger partial charge < -0.3 is 15.1 Å². The molecule has 1 fully saturated rings. The number of aromatic nitrogens is 1. The first kappa shape index (κ1) is 10.6. The van der Waals surface area contributed by atoms with Crippen LogP contribution < -0.4 is 5.73 Å². The van der Waals surface area contributed by atoms with Crippen molar-refractivity contribution in [2.75, 3.05) is 26.7 Å². The van der Waals surface area contributed by atoms with Crippen molar-refractivity contribution in [2.24, 2.45) is 5.73 Å². The number of likely N-dealkylation sites (tertiary alicyclic amines) is 1. The lowest BCUT2D eigenvalue weighted by Gasteiger charge is -2.27. The number of oxazole rings is 1. The van der Waals surface area contributed by atoms with Crippen LogP contribution >= 0.6 is 0 Å². The lowest BCUT2D eigenvalue weighted by molar-refractivity contribution is 0.230. The van der Waals surface area contributed by atoms with Gasteiger partial charge in [-0.15, -0.1) is 0 Å². The van der Waals surface area contributed by atoms with E-state index < -0.39 is 0 Å². The van der Waals surface area contributed by atoms with Crippen molar-refractivity contribution in [3.8, 4) is 0 Å². The van der Waals surface area contributed by atoms with Crippen LogP contribution in [0.2, 0.25) is 0 Å². The van der Waals surface area contributed by atoms with Crippen LogP contribution in [0.25, 0.3) is 0 Å². The van der Waals surface area contributed by atoms with Crippen LogP contribution in [-0.2, 0) is 6.42 Å². The van der Waals surface area contributed by atoms with E-state index in [9.17, 15) is 0 Å². The normalized spacial score (nSPS) is 23.2. The standard InChI is InChI=1S/C11H19N3O/c1-14-6-2-3-9(7-14)11-13-10(4-5-12)8-15-11/h8-9H,2-7,12H2,1H3. The van der Waals surface area contributed by atoms with E-state index in [1.807, 2.05) is 0 Å². The highest BCUT2D eigenvalue weighted by atomic mass is 16.3. The summed E-state index contributed by atoms with van der Waals surface area (Å²) in [6.07, 6.45) is 4.98. The fraction of sp³-hybridized carbons (Fsp3) is 0.727. The number of rotatable bonds is 3. The summed E-state index contributed by atoms with van der Waals surface area (Å²) in [6.45, 7) is 2.88. The van der Waals surface area contributed by atoms with Gasteiger partial charge in [0.05, 0.1) is 5.69 Å². The first-order chi connectivity index (χ1) is 7.29. The Morgan fingerprint density at radius 3 is 3.27 bits per heavy atom. The second-order valence-corrected chi connectivity index (χ2v) is 4.32. The molecule has 84 valence electrons. The Balaban J connectivity index is 2.01. The fourth-order valence-corrected chi connectivity index (χ4v) is 2.14. The van der Waals surface area contributed by atoms with E-state index >= 15 is 0 Å². The predicted molar refractivity (Wildman–Crippen MR) is 58.7 cm³/mol. The smallest absolute Gasteiger partial charge is 0.198 e. The molecule has 4 heteroatoms. The third-order valence-electron chi connectivity index (χ3n) is 2.94. The van der Waals surface area contributed by atoms with Crippen molar-refractivity contribution in [3.05, 3.63) is 17.8 Å². The molecule has 1 unspecified atom stereocenters. The van der Waals surface area contributed by atoms with Gasteiger partial charge in [0.1, 0.15) is 6.26 Å². The van der Waals surface area contributed by atoms with Crippen LogP contribution in [0.3, 0.4) is 0 Å². The van der Waals surface area contributed by atoms with Crippen molar-refractivity contribution in [2.45, 2.75) is 25.2 Å². The minimum atomic E-state index is 0.468. The number of nitrogens with zero attached hydrogens (tertiary/aromatic N) is 2. The summed E-state index contributed by atoms with van der Waals surface area (Å²) in [6, 6.07) is 0. The quantitative estimate of drug-likeness (QED) is 0.806. The molecule has 4 nitrogen and oxygen atoms in total. The van der Waals surface area contributed by atoms with E-state index in [0.717, 1.165) is 24.6 Å². The SMILES string of the molecule is CN1CCCC(c2nc(CCN)co2)C1. The second-order valence-electron chi connectivity index (χ2n) is 4.32. The molecule has 1 aromatic heterocycles. The van der Waals surface area contributed by atoms with Gasteiger partial charge in [-0.1, -0.05) is 0 Å². The number of hydrogen-bond acceptors (Lipinski definition) is 4. The molecule has 1 saturated heterocycles. The molecule has 0 spiro atoms. The number of piperidine rings is 1. The van der Waals surface area contributed by atoms with Crippen LogP contribution in [0.1, 0.15) is 30.3 Å². The summed E-state index contributed by atoms with van der Waals surface area (Å²) >= 11 is 0. The summed E-state index contributed by atoms with van der Waals surface area (Å²) in [5, 5.41) is 0.